The Balaban J connectivity index is 0.00000480. The zero-order chi connectivity index (χ0) is 21.8. The number of rotatable bonds is 10. The van der Waals surface area contributed by atoms with Crippen LogP contribution in [0.4, 0.5) is 0 Å². The maximum Gasteiger partial charge on any atom is 0.241 e. The fourth-order valence-corrected chi connectivity index (χ4v) is 3.78. The van der Waals surface area contributed by atoms with E-state index in [9.17, 15) is 4.79 Å². The summed E-state index contributed by atoms with van der Waals surface area (Å²) in [5, 5.41) is 6.73. The molecule has 0 aromatic heterocycles. The molecule has 8 heteroatoms. The molecule has 176 valence electrons. The van der Waals surface area contributed by atoms with Gasteiger partial charge in [-0.25, -0.2) is 4.99 Å². The number of amides is 1. The molecule has 0 aliphatic carbocycles. The maximum absolute atomic E-state index is 12.1. The Kier molecular flexibility index (Phi) is 13.7. The lowest BCUT2D eigenvalue weighted by atomic mass is 9.92. The van der Waals surface area contributed by atoms with Crippen LogP contribution in [0.5, 0.6) is 0 Å². The number of halogens is 1. The molecule has 1 aliphatic rings. The first-order valence-corrected chi connectivity index (χ1v) is 11.1. The summed E-state index contributed by atoms with van der Waals surface area (Å²) in [4.78, 5) is 20.9. The fraction of sp³-hybridized carbons (Fsp3) is 0.652. The third-order valence-corrected chi connectivity index (χ3v) is 5.75. The van der Waals surface area contributed by atoms with Crippen molar-refractivity contribution in [2.45, 2.75) is 39.3 Å². The minimum Gasteiger partial charge on any atom is -0.379 e. The van der Waals surface area contributed by atoms with Crippen LogP contribution in [0.1, 0.15) is 32.3 Å². The third-order valence-electron chi connectivity index (χ3n) is 5.75. The molecular weight excluding hydrogens is 505 g/mol. The minimum absolute atomic E-state index is 0. The monoisotopic (exact) mass is 545 g/mol. The van der Waals surface area contributed by atoms with Gasteiger partial charge in [0.05, 0.1) is 26.3 Å². The molecule has 2 rings (SSSR count). The fourth-order valence-electron chi connectivity index (χ4n) is 3.78. The van der Waals surface area contributed by atoms with E-state index in [4.69, 9.17) is 9.73 Å². The SMILES string of the molecule is CCC(CC)C(CNC(=NCc1ccccc1)NCC(=O)N(C)C)N1CCOCC1.I. The van der Waals surface area contributed by atoms with Gasteiger partial charge in [-0.1, -0.05) is 57.0 Å². The second-order valence-electron chi connectivity index (χ2n) is 7.97. The molecule has 1 aromatic carbocycles. The summed E-state index contributed by atoms with van der Waals surface area (Å²) in [6.07, 6.45) is 2.28. The van der Waals surface area contributed by atoms with Crippen LogP contribution in [-0.4, -0.2) is 81.2 Å². The molecule has 2 N–H and O–H groups in total. The Morgan fingerprint density at radius 1 is 1.13 bits per heavy atom. The van der Waals surface area contributed by atoms with E-state index in [-0.39, 0.29) is 36.4 Å². The molecule has 0 spiro atoms. The molecule has 0 saturated carbocycles. The average Bonchev–Trinajstić information content (AvgIpc) is 2.78. The average molecular weight is 546 g/mol. The number of likely N-dealkylation sites (N-methyl/N-ethyl adjacent to an activating group) is 1. The predicted octanol–water partition coefficient (Wildman–Crippen LogP) is 2.57. The Labute approximate surface area is 205 Å². The van der Waals surface area contributed by atoms with Gasteiger partial charge in [0, 0.05) is 39.8 Å². The van der Waals surface area contributed by atoms with Crippen LogP contribution in [0.15, 0.2) is 35.3 Å². The van der Waals surface area contributed by atoms with Gasteiger partial charge < -0.3 is 20.3 Å². The number of carbonyl (C=O) groups is 1. The summed E-state index contributed by atoms with van der Waals surface area (Å²) in [6.45, 7) is 9.63. The molecule has 1 saturated heterocycles. The molecule has 1 heterocycles. The zero-order valence-corrected chi connectivity index (χ0v) is 21.8. The number of nitrogens with zero attached hydrogens (tertiary/aromatic N) is 3. The Morgan fingerprint density at radius 2 is 1.77 bits per heavy atom. The number of hydrogen-bond donors (Lipinski definition) is 2. The van der Waals surface area contributed by atoms with E-state index in [0.29, 0.717) is 24.5 Å². The molecule has 1 fully saturated rings. The first-order valence-electron chi connectivity index (χ1n) is 11.1. The highest BCUT2D eigenvalue weighted by Crippen LogP contribution is 2.19. The van der Waals surface area contributed by atoms with E-state index in [0.717, 1.165) is 51.3 Å². The van der Waals surface area contributed by atoms with Crippen molar-refractivity contribution < 1.29 is 9.53 Å². The Hall–Kier alpha value is -1.39. The van der Waals surface area contributed by atoms with Crippen LogP contribution in [0.25, 0.3) is 0 Å². The van der Waals surface area contributed by atoms with E-state index in [1.807, 2.05) is 18.2 Å². The second kappa shape index (κ2) is 15.4. The van der Waals surface area contributed by atoms with Crippen molar-refractivity contribution in [3.05, 3.63) is 35.9 Å². The highest BCUT2D eigenvalue weighted by Gasteiger charge is 2.27. The highest BCUT2D eigenvalue weighted by molar-refractivity contribution is 14.0. The zero-order valence-electron chi connectivity index (χ0n) is 19.5. The first kappa shape index (κ1) is 27.6. The quantitative estimate of drug-likeness (QED) is 0.269. The molecule has 1 aliphatic heterocycles. The van der Waals surface area contributed by atoms with Gasteiger partial charge in [0.25, 0.3) is 0 Å². The summed E-state index contributed by atoms with van der Waals surface area (Å²) in [5.74, 6) is 1.31. The largest absolute Gasteiger partial charge is 0.379 e. The number of hydrogen-bond acceptors (Lipinski definition) is 4. The second-order valence-corrected chi connectivity index (χ2v) is 7.97. The van der Waals surface area contributed by atoms with E-state index >= 15 is 0 Å². The van der Waals surface area contributed by atoms with Crippen LogP contribution in [0.2, 0.25) is 0 Å². The van der Waals surface area contributed by atoms with Crippen molar-refractivity contribution in [1.82, 2.24) is 20.4 Å². The van der Waals surface area contributed by atoms with Crippen molar-refractivity contribution >= 4 is 35.8 Å². The number of aliphatic imine (C=N–C) groups is 1. The molecule has 1 atom stereocenters. The number of ether oxygens (including phenoxy) is 1. The van der Waals surface area contributed by atoms with Gasteiger partial charge in [-0.3, -0.25) is 9.69 Å². The minimum atomic E-state index is 0. The Morgan fingerprint density at radius 3 is 2.35 bits per heavy atom. The topological polar surface area (TPSA) is 69.2 Å². The van der Waals surface area contributed by atoms with Crippen LogP contribution < -0.4 is 10.6 Å². The summed E-state index contributed by atoms with van der Waals surface area (Å²) in [6, 6.07) is 10.6. The lowest BCUT2D eigenvalue weighted by Crippen LogP contribution is -2.54. The molecule has 0 bridgehead atoms. The molecular formula is C23H40IN5O2. The maximum atomic E-state index is 12.1. The van der Waals surface area contributed by atoms with Gasteiger partial charge in [-0.15, -0.1) is 24.0 Å². The smallest absolute Gasteiger partial charge is 0.241 e. The molecule has 7 nitrogen and oxygen atoms in total. The molecule has 0 radical (unpaired) electrons. The van der Waals surface area contributed by atoms with Crippen molar-refractivity contribution in [1.29, 1.82) is 0 Å². The van der Waals surface area contributed by atoms with Gasteiger partial charge >= 0.3 is 0 Å². The van der Waals surface area contributed by atoms with Crippen LogP contribution in [0.3, 0.4) is 0 Å². The standard InChI is InChI=1S/C23H39N5O2.HI/c1-5-20(6-2)21(28-12-14-30-15-13-28)17-25-23(26-18-22(29)27(3)4)24-16-19-10-8-7-9-11-19;/h7-11,20-21H,5-6,12-18H2,1-4H3,(H2,24,25,26);1H. The lowest BCUT2D eigenvalue weighted by molar-refractivity contribution is -0.127. The van der Waals surface area contributed by atoms with Gasteiger partial charge in [-0.05, 0) is 11.5 Å². The van der Waals surface area contributed by atoms with Crippen LogP contribution >= 0.6 is 24.0 Å². The number of carbonyl (C=O) groups excluding carboxylic acids is 1. The summed E-state index contributed by atoms with van der Waals surface area (Å²) in [7, 11) is 3.53. The molecule has 1 amide bonds. The van der Waals surface area contributed by atoms with E-state index in [1.165, 1.54) is 0 Å². The van der Waals surface area contributed by atoms with Gasteiger partial charge in [0.2, 0.25) is 5.91 Å². The van der Waals surface area contributed by atoms with Crippen LogP contribution in [-0.2, 0) is 16.1 Å². The summed E-state index contributed by atoms with van der Waals surface area (Å²) < 4.78 is 5.56. The normalized spacial score (nSPS) is 15.8. The van der Waals surface area contributed by atoms with E-state index in [2.05, 4.69) is 41.5 Å². The number of morpholine rings is 1. The van der Waals surface area contributed by atoms with Gasteiger partial charge in [0.15, 0.2) is 5.96 Å². The summed E-state index contributed by atoms with van der Waals surface area (Å²) in [5.41, 5.74) is 1.14. The third kappa shape index (κ3) is 9.74. The number of guanidine groups is 1. The van der Waals surface area contributed by atoms with E-state index < -0.39 is 0 Å². The number of benzene rings is 1. The molecule has 31 heavy (non-hydrogen) atoms. The van der Waals surface area contributed by atoms with Gasteiger partial charge in [0.1, 0.15) is 0 Å². The lowest BCUT2D eigenvalue weighted by Gasteiger charge is -2.39. The van der Waals surface area contributed by atoms with Crippen molar-refractivity contribution in [3.8, 4) is 0 Å². The van der Waals surface area contributed by atoms with Crippen molar-refractivity contribution in [2.75, 3.05) is 53.5 Å². The number of nitrogens with one attached hydrogen (secondary N) is 2. The van der Waals surface area contributed by atoms with Crippen molar-refractivity contribution in [3.63, 3.8) is 0 Å². The van der Waals surface area contributed by atoms with Crippen LogP contribution in [0, 0.1) is 5.92 Å². The molecule has 1 aromatic rings. The molecule has 1 unspecified atom stereocenters. The highest BCUT2D eigenvalue weighted by atomic mass is 127. The predicted molar refractivity (Wildman–Crippen MR) is 138 cm³/mol. The van der Waals surface area contributed by atoms with Crippen molar-refractivity contribution in [2.24, 2.45) is 10.9 Å². The first-order chi connectivity index (χ1) is 14.5. The summed E-state index contributed by atoms with van der Waals surface area (Å²) >= 11 is 0. The van der Waals surface area contributed by atoms with Gasteiger partial charge in [-0.2, -0.15) is 0 Å². The van der Waals surface area contributed by atoms with E-state index in [1.54, 1.807) is 19.0 Å². The Bertz CT molecular complexity index is 647.